The zero-order chi connectivity index (χ0) is 13.6. The minimum absolute atomic E-state index is 0.0000541. The zero-order valence-corrected chi connectivity index (χ0v) is 11.6. The summed E-state index contributed by atoms with van der Waals surface area (Å²) >= 11 is 0. The van der Waals surface area contributed by atoms with Crippen molar-refractivity contribution in [3.05, 3.63) is 29.8 Å². The van der Waals surface area contributed by atoms with Crippen LogP contribution in [0.1, 0.15) is 31.9 Å². The van der Waals surface area contributed by atoms with E-state index in [-0.39, 0.29) is 18.1 Å². The van der Waals surface area contributed by atoms with Crippen molar-refractivity contribution in [3.8, 4) is 5.75 Å². The summed E-state index contributed by atoms with van der Waals surface area (Å²) < 4.78 is 28.1. The smallest absolute Gasteiger partial charge is 0.153 e. The first kappa shape index (κ1) is 15.0. The quantitative estimate of drug-likeness (QED) is 0.824. The van der Waals surface area contributed by atoms with Gasteiger partial charge < -0.3 is 9.84 Å². The van der Waals surface area contributed by atoms with Crippen LogP contribution in [-0.4, -0.2) is 31.6 Å². The Balaban J connectivity index is 2.68. The summed E-state index contributed by atoms with van der Waals surface area (Å²) in [5.74, 6) is 0.675. The van der Waals surface area contributed by atoms with Gasteiger partial charge in [0.1, 0.15) is 12.4 Å². The van der Waals surface area contributed by atoms with E-state index in [1.165, 1.54) is 0 Å². The molecule has 0 spiro atoms. The molecular weight excluding hydrogens is 252 g/mol. The van der Waals surface area contributed by atoms with Crippen LogP contribution in [0.3, 0.4) is 0 Å². The Morgan fingerprint density at radius 1 is 1.28 bits per heavy atom. The lowest BCUT2D eigenvalue weighted by Gasteiger charge is -2.14. The van der Waals surface area contributed by atoms with Crippen molar-refractivity contribution in [3.63, 3.8) is 0 Å². The number of ether oxygens (including phenoxy) is 1. The molecule has 0 fully saturated rings. The monoisotopic (exact) mass is 272 g/mol. The highest BCUT2D eigenvalue weighted by molar-refractivity contribution is 7.91. The van der Waals surface area contributed by atoms with Crippen LogP contribution in [0.15, 0.2) is 24.3 Å². The lowest BCUT2D eigenvalue weighted by Crippen LogP contribution is -2.16. The van der Waals surface area contributed by atoms with Gasteiger partial charge in [0.15, 0.2) is 9.84 Å². The molecule has 0 amide bonds. The predicted molar refractivity (Wildman–Crippen MR) is 71.5 cm³/mol. The molecule has 0 aliphatic rings. The Morgan fingerprint density at radius 2 is 1.94 bits per heavy atom. The van der Waals surface area contributed by atoms with Crippen LogP contribution in [0.5, 0.6) is 5.75 Å². The molecule has 0 saturated heterocycles. The average molecular weight is 272 g/mol. The summed E-state index contributed by atoms with van der Waals surface area (Å²) in [5, 5.41) is 9.82. The van der Waals surface area contributed by atoms with Crippen LogP contribution in [0.25, 0.3) is 0 Å². The maximum Gasteiger partial charge on any atom is 0.153 e. The number of aliphatic hydroxyl groups is 1. The van der Waals surface area contributed by atoms with Crippen molar-refractivity contribution in [2.24, 2.45) is 0 Å². The van der Waals surface area contributed by atoms with Crippen LogP contribution >= 0.6 is 0 Å². The first-order valence-electron chi connectivity index (χ1n) is 6.10. The molecule has 0 heterocycles. The van der Waals surface area contributed by atoms with Gasteiger partial charge in [0.05, 0.1) is 11.9 Å². The molecule has 0 radical (unpaired) electrons. The molecule has 0 aliphatic heterocycles. The van der Waals surface area contributed by atoms with Gasteiger partial charge in [0.2, 0.25) is 0 Å². The summed E-state index contributed by atoms with van der Waals surface area (Å²) in [6, 6.07) is 7.16. The molecule has 18 heavy (non-hydrogen) atoms. The van der Waals surface area contributed by atoms with Crippen molar-refractivity contribution < 1.29 is 18.3 Å². The minimum atomic E-state index is -3.02. The lowest BCUT2D eigenvalue weighted by atomic mass is 10.1. The molecule has 1 aromatic rings. The summed E-state index contributed by atoms with van der Waals surface area (Å²) in [7, 11) is -3.02. The van der Waals surface area contributed by atoms with Crippen molar-refractivity contribution in [2.75, 3.05) is 18.1 Å². The molecule has 0 bridgehead atoms. The van der Waals surface area contributed by atoms with Gasteiger partial charge >= 0.3 is 0 Å². The summed E-state index contributed by atoms with van der Waals surface area (Å²) in [4.78, 5) is 0. The predicted octanol–water partition coefficient (Wildman–Crippen LogP) is 1.94. The molecule has 1 atom stereocenters. The standard InChI is InChI=1S/C13H20O4S/c1-3-12(14)11-7-5-6-8-13(11)17-9-10-18(15,16)4-2/h5-8,12,14H,3-4,9-10H2,1-2H3. The minimum Gasteiger partial charge on any atom is -0.492 e. The number of hydrogen-bond acceptors (Lipinski definition) is 4. The van der Waals surface area contributed by atoms with Gasteiger partial charge in [0.25, 0.3) is 0 Å². The third-order valence-corrected chi connectivity index (χ3v) is 4.42. The fourth-order valence-electron chi connectivity index (χ4n) is 1.53. The first-order valence-corrected chi connectivity index (χ1v) is 7.92. The van der Waals surface area contributed by atoms with Crippen LogP contribution in [-0.2, 0) is 9.84 Å². The maximum atomic E-state index is 11.3. The summed E-state index contributed by atoms with van der Waals surface area (Å²) in [6.45, 7) is 3.61. The van der Waals surface area contributed by atoms with E-state index in [1.807, 2.05) is 13.0 Å². The lowest BCUT2D eigenvalue weighted by molar-refractivity contribution is 0.168. The number of aliphatic hydroxyl groups excluding tert-OH is 1. The Labute approximate surface area is 109 Å². The SMILES string of the molecule is CCC(O)c1ccccc1OCCS(=O)(=O)CC. The second-order valence-corrected chi connectivity index (χ2v) is 6.52. The van der Waals surface area contributed by atoms with E-state index in [4.69, 9.17) is 4.74 Å². The molecule has 4 nitrogen and oxygen atoms in total. The number of rotatable bonds is 7. The van der Waals surface area contributed by atoms with Crippen LogP contribution < -0.4 is 4.74 Å². The maximum absolute atomic E-state index is 11.3. The topological polar surface area (TPSA) is 63.6 Å². The van der Waals surface area contributed by atoms with Crippen LogP contribution in [0.4, 0.5) is 0 Å². The highest BCUT2D eigenvalue weighted by Crippen LogP contribution is 2.26. The van der Waals surface area contributed by atoms with E-state index < -0.39 is 15.9 Å². The van der Waals surface area contributed by atoms with Crippen molar-refractivity contribution in [2.45, 2.75) is 26.4 Å². The largest absolute Gasteiger partial charge is 0.492 e. The number of hydrogen-bond donors (Lipinski definition) is 1. The third kappa shape index (κ3) is 4.31. The van der Waals surface area contributed by atoms with Gasteiger partial charge in [0, 0.05) is 11.3 Å². The van der Waals surface area contributed by atoms with E-state index in [0.717, 1.165) is 0 Å². The highest BCUT2D eigenvalue weighted by Gasteiger charge is 2.12. The molecule has 5 heteroatoms. The van der Waals surface area contributed by atoms with Gasteiger partial charge in [-0.25, -0.2) is 8.42 Å². The van der Waals surface area contributed by atoms with E-state index >= 15 is 0 Å². The second kappa shape index (κ2) is 6.75. The normalized spacial score (nSPS) is 13.3. The molecule has 1 unspecified atom stereocenters. The molecule has 1 aromatic carbocycles. The van der Waals surface area contributed by atoms with Gasteiger partial charge in [-0.15, -0.1) is 0 Å². The van der Waals surface area contributed by atoms with Gasteiger partial charge in [-0.2, -0.15) is 0 Å². The number of sulfone groups is 1. The Morgan fingerprint density at radius 3 is 2.56 bits per heavy atom. The molecule has 1 rings (SSSR count). The molecule has 0 aliphatic carbocycles. The Bertz CT molecular complexity index is 468. The fraction of sp³-hybridized carbons (Fsp3) is 0.538. The molecule has 102 valence electrons. The van der Waals surface area contributed by atoms with E-state index in [9.17, 15) is 13.5 Å². The van der Waals surface area contributed by atoms with E-state index in [0.29, 0.717) is 17.7 Å². The molecular formula is C13H20O4S. The summed E-state index contributed by atoms with van der Waals surface area (Å²) in [6.07, 6.45) is 0.0113. The number of para-hydroxylation sites is 1. The highest BCUT2D eigenvalue weighted by atomic mass is 32.2. The van der Waals surface area contributed by atoms with Crippen molar-refractivity contribution in [1.82, 2.24) is 0 Å². The zero-order valence-electron chi connectivity index (χ0n) is 10.8. The fourth-order valence-corrected chi connectivity index (χ4v) is 2.16. The Hall–Kier alpha value is -1.07. The molecule has 0 saturated carbocycles. The second-order valence-electron chi connectivity index (χ2n) is 4.05. The van der Waals surface area contributed by atoms with E-state index in [2.05, 4.69) is 0 Å². The van der Waals surface area contributed by atoms with Gasteiger partial charge in [-0.1, -0.05) is 32.0 Å². The van der Waals surface area contributed by atoms with Crippen LogP contribution in [0, 0.1) is 0 Å². The molecule has 1 N–H and O–H groups in total. The van der Waals surface area contributed by atoms with Gasteiger partial charge in [-0.3, -0.25) is 0 Å². The average Bonchev–Trinajstić information content (AvgIpc) is 2.38. The van der Waals surface area contributed by atoms with Crippen molar-refractivity contribution >= 4 is 9.84 Å². The van der Waals surface area contributed by atoms with Crippen molar-refractivity contribution in [1.29, 1.82) is 0 Å². The van der Waals surface area contributed by atoms with E-state index in [1.54, 1.807) is 25.1 Å². The summed E-state index contributed by atoms with van der Waals surface area (Å²) in [5.41, 5.74) is 0.703. The first-order chi connectivity index (χ1) is 8.50. The van der Waals surface area contributed by atoms with Crippen LogP contribution in [0.2, 0.25) is 0 Å². The Kier molecular flexibility index (Phi) is 5.62. The third-order valence-electron chi connectivity index (χ3n) is 2.76. The molecule has 0 aromatic heterocycles. The number of benzene rings is 1. The van der Waals surface area contributed by atoms with Gasteiger partial charge in [-0.05, 0) is 12.5 Å².